The maximum atomic E-state index is 11.0. The van der Waals surface area contributed by atoms with Crippen molar-refractivity contribution in [3.63, 3.8) is 0 Å². The summed E-state index contributed by atoms with van der Waals surface area (Å²) in [6.45, 7) is 5.49. The van der Waals surface area contributed by atoms with E-state index in [1.165, 1.54) is 11.9 Å². The normalized spacial score (nSPS) is 11.1. The molecule has 0 rings (SSSR count). The standard InChI is InChI=1S/C8H16ClNO2S/c1-8(2,3)12-7(11)10-13-6-4-5-9/h4-6H2,1-3H3,(H,10,11). The third-order valence-electron chi connectivity index (χ3n) is 0.934. The van der Waals surface area contributed by atoms with Crippen LogP contribution < -0.4 is 4.72 Å². The van der Waals surface area contributed by atoms with Gasteiger partial charge in [-0.25, -0.2) is 4.79 Å². The first kappa shape index (κ1) is 12.9. The van der Waals surface area contributed by atoms with Gasteiger partial charge in [0, 0.05) is 11.6 Å². The minimum Gasteiger partial charge on any atom is -0.443 e. The van der Waals surface area contributed by atoms with Crippen LogP contribution in [0.3, 0.4) is 0 Å². The molecule has 0 aliphatic rings. The zero-order valence-electron chi connectivity index (χ0n) is 8.22. The molecular formula is C8H16ClNO2S. The number of amides is 1. The topological polar surface area (TPSA) is 38.3 Å². The Bertz CT molecular complexity index is 159. The molecule has 0 aliphatic heterocycles. The Morgan fingerprint density at radius 3 is 2.62 bits per heavy atom. The highest BCUT2D eigenvalue weighted by Gasteiger charge is 2.15. The molecule has 0 unspecified atom stereocenters. The Labute approximate surface area is 88.7 Å². The van der Waals surface area contributed by atoms with E-state index in [0.29, 0.717) is 5.88 Å². The third kappa shape index (κ3) is 9.83. The van der Waals surface area contributed by atoms with E-state index in [1.807, 2.05) is 20.8 Å². The van der Waals surface area contributed by atoms with E-state index in [4.69, 9.17) is 16.3 Å². The molecule has 0 radical (unpaired) electrons. The molecule has 0 spiro atoms. The van der Waals surface area contributed by atoms with Gasteiger partial charge in [0.15, 0.2) is 0 Å². The second kappa shape index (κ2) is 6.38. The lowest BCUT2D eigenvalue weighted by atomic mass is 10.2. The van der Waals surface area contributed by atoms with E-state index in [9.17, 15) is 4.79 Å². The summed E-state index contributed by atoms with van der Waals surface area (Å²) in [7, 11) is 0. The molecule has 1 N–H and O–H groups in total. The first-order chi connectivity index (χ1) is 5.95. The summed E-state index contributed by atoms with van der Waals surface area (Å²) in [6, 6.07) is 0. The van der Waals surface area contributed by atoms with Crippen LogP contribution in [0.2, 0.25) is 0 Å². The van der Waals surface area contributed by atoms with Crippen LogP contribution in [0.4, 0.5) is 4.79 Å². The van der Waals surface area contributed by atoms with Crippen molar-refractivity contribution in [1.29, 1.82) is 0 Å². The number of rotatable bonds is 4. The van der Waals surface area contributed by atoms with Crippen molar-refractivity contribution >= 4 is 29.6 Å². The Balaban J connectivity index is 3.41. The molecule has 0 atom stereocenters. The monoisotopic (exact) mass is 225 g/mol. The van der Waals surface area contributed by atoms with Crippen molar-refractivity contribution < 1.29 is 9.53 Å². The van der Waals surface area contributed by atoms with Gasteiger partial charge in [-0.15, -0.1) is 11.6 Å². The van der Waals surface area contributed by atoms with Crippen LogP contribution in [0.25, 0.3) is 0 Å². The summed E-state index contributed by atoms with van der Waals surface area (Å²) in [6.07, 6.45) is 0.481. The summed E-state index contributed by atoms with van der Waals surface area (Å²) >= 11 is 6.78. The van der Waals surface area contributed by atoms with Gasteiger partial charge in [0.2, 0.25) is 0 Å². The Hall–Kier alpha value is -0.0900. The maximum absolute atomic E-state index is 11.0. The highest BCUT2D eigenvalue weighted by Crippen LogP contribution is 2.08. The van der Waals surface area contributed by atoms with Gasteiger partial charge < -0.3 is 4.74 Å². The number of hydrogen-bond acceptors (Lipinski definition) is 3. The third-order valence-corrected chi connectivity index (χ3v) is 2.01. The Morgan fingerprint density at radius 2 is 2.15 bits per heavy atom. The summed E-state index contributed by atoms with van der Waals surface area (Å²) in [5.41, 5.74) is -0.433. The maximum Gasteiger partial charge on any atom is 0.417 e. The van der Waals surface area contributed by atoms with Gasteiger partial charge >= 0.3 is 6.09 Å². The van der Waals surface area contributed by atoms with Gasteiger partial charge in [-0.1, -0.05) is 0 Å². The number of hydrogen-bond donors (Lipinski definition) is 1. The van der Waals surface area contributed by atoms with Crippen molar-refractivity contribution in [2.24, 2.45) is 0 Å². The quantitative estimate of drug-likeness (QED) is 0.454. The van der Waals surface area contributed by atoms with Crippen LogP contribution in [0.15, 0.2) is 0 Å². The molecule has 5 heteroatoms. The number of alkyl halides is 1. The van der Waals surface area contributed by atoms with Crippen LogP contribution in [-0.4, -0.2) is 23.3 Å². The van der Waals surface area contributed by atoms with Gasteiger partial charge in [0.1, 0.15) is 5.60 Å². The minimum absolute atomic E-state index is 0.396. The lowest BCUT2D eigenvalue weighted by molar-refractivity contribution is 0.0574. The van der Waals surface area contributed by atoms with Gasteiger partial charge in [-0.3, -0.25) is 4.72 Å². The van der Waals surface area contributed by atoms with E-state index >= 15 is 0 Å². The van der Waals surface area contributed by atoms with E-state index in [-0.39, 0.29) is 0 Å². The fraction of sp³-hybridized carbons (Fsp3) is 0.875. The van der Waals surface area contributed by atoms with E-state index in [1.54, 1.807) is 0 Å². The predicted molar refractivity (Wildman–Crippen MR) is 57.2 cm³/mol. The van der Waals surface area contributed by atoms with Crippen molar-refractivity contribution in [3.05, 3.63) is 0 Å². The second-order valence-electron chi connectivity index (χ2n) is 3.49. The molecule has 0 aromatic rings. The molecule has 1 amide bonds. The molecule has 0 bridgehead atoms. The summed E-state index contributed by atoms with van der Waals surface area (Å²) < 4.78 is 7.58. The van der Waals surface area contributed by atoms with Gasteiger partial charge in [0.25, 0.3) is 0 Å². The summed E-state index contributed by atoms with van der Waals surface area (Å²) in [5, 5.41) is 0. The molecule has 0 saturated heterocycles. The van der Waals surface area contributed by atoms with E-state index in [0.717, 1.165) is 12.2 Å². The molecule has 0 heterocycles. The van der Waals surface area contributed by atoms with Crippen molar-refractivity contribution in [1.82, 2.24) is 4.72 Å². The van der Waals surface area contributed by atoms with Crippen LogP contribution in [0.1, 0.15) is 27.2 Å². The first-order valence-corrected chi connectivity index (χ1v) is 5.64. The SMILES string of the molecule is CC(C)(C)OC(=O)NSCCCCl. The molecule has 0 saturated carbocycles. The van der Waals surface area contributed by atoms with Crippen molar-refractivity contribution in [3.8, 4) is 0 Å². The Kier molecular flexibility index (Phi) is 6.33. The largest absolute Gasteiger partial charge is 0.443 e. The molecular weight excluding hydrogens is 210 g/mol. The van der Waals surface area contributed by atoms with Crippen LogP contribution in [0.5, 0.6) is 0 Å². The lowest BCUT2D eigenvalue weighted by Crippen LogP contribution is -2.29. The molecule has 78 valence electrons. The first-order valence-electron chi connectivity index (χ1n) is 4.12. The fourth-order valence-corrected chi connectivity index (χ4v) is 1.38. The zero-order valence-corrected chi connectivity index (χ0v) is 9.80. The molecule has 0 aromatic heterocycles. The predicted octanol–water partition coefficient (Wildman–Crippen LogP) is 2.79. The number of ether oxygens (including phenoxy) is 1. The highest BCUT2D eigenvalue weighted by atomic mass is 35.5. The number of halogens is 1. The lowest BCUT2D eigenvalue weighted by Gasteiger charge is -2.19. The van der Waals surface area contributed by atoms with Gasteiger partial charge in [-0.05, 0) is 39.1 Å². The molecule has 0 aliphatic carbocycles. The Morgan fingerprint density at radius 1 is 1.54 bits per heavy atom. The van der Waals surface area contributed by atoms with Crippen LogP contribution in [0, 0.1) is 0 Å². The average Bonchev–Trinajstić information content (AvgIpc) is 1.94. The van der Waals surface area contributed by atoms with Crippen LogP contribution >= 0.6 is 23.5 Å². The molecule has 0 fully saturated rings. The zero-order chi connectivity index (χ0) is 10.3. The summed E-state index contributed by atoms with van der Waals surface area (Å²) in [4.78, 5) is 11.0. The second-order valence-corrected chi connectivity index (χ2v) is 4.77. The summed E-state index contributed by atoms with van der Waals surface area (Å²) in [5.74, 6) is 1.42. The van der Waals surface area contributed by atoms with E-state index < -0.39 is 11.7 Å². The van der Waals surface area contributed by atoms with Gasteiger partial charge in [-0.2, -0.15) is 0 Å². The van der Waals surface area contributed by atoms with Crippen LogP contribution in [-0.2, 0) is 4.74 Å². The number of carbonyl (C=O) groups is 1. The average molecular weight is 226 g/mol. The van der Waals surface area contributed by atoms with Crippen molar-refractivity contribution in [2.45, 2.75) is 32.8 Å². The van der Waals surface area contributed by atoms with E-state index in [2.05, 4.69) is 4.72 Å². The number of nitrogens with one attached hydrogen (secondary N) is 1. The molecule has 13 heavy (non-hydrogen) atoms. The fourth-order valence-electron chi connectivity index (χ4n) is 0.536. The van der Waals surface area contributed by atoms with Crippen molar-refractivity contribution in [2.75, 3.05) is 11.6 Å². The minimum atomic E-state index is -0.433. The number of carbonyl (C=O) groups excluding carboxylic acids is 1. The smallest absolute Gasteiger partial charge is 0.417 e. The van der Waals surface area contributed by atoms with Gasteiger partial charge in [0.05, 0.1) is 0 Å². The molecule has 0 aromatic carbocycles. The molecule has 3 nitrogen and oxygen atoms in total. The highest BCUT2D eigenvalue weighted by molar-refractivity contribution is 7.97.